The summed E-state index contributed by atoms with van der Waals surface area (Å²) in [6, 6.07) is 7.23. The number of nitrogens with zero attached hydrogens (tertiary/aromatic N) is 4. The van der Waals surface area contributed by atoms with E-state index in [-0.39, 0.29) is 11.9 Å². The predicted octanol–water partition coefficient (Wildman–Crippen LogP) is 2.10. The van der Waals surface area contributed by atoms with Crippen LogP contribution < -0.4 is 5.32 Å². The fourth-order valence-corrected chi connectivity index (χ4v) is 2.87. The Bertz CT molecular complexity index is 691. The molecule has 1 fully saturated rings. The zero-order chi connectivity index (χ0) is 17.1. The van der Waals surface area contributed by atoms with Crippen molar-refractivity contribution in [2.24, 2.45) is 0 Å². The van der Waals surface area contributed by atoms with E-state index in [9.17, 15) is 4.79 Å². The fraction of sp³-hybridized carbons (Fsp3) is 0.412. The van der Waals surface area contributed by atoms with Crippen LogP contribution in [0.25, 0.3) is 5.69 Å². The molecule has 0 spiro atoms. The highest BCUT2D eigenvalue weighted by molar-refractivity contribution is 6.30. The number of benzene rings is 1. The van der Waals surface area contributed by atoms with Gasteiger partial charge in [-0.25, -0.2) is 4.68 Å². The fourth-order valence-electron chi connectivity index (χ4n) is 2.74. The molecule has 3 rings (SSSR count). The Morgan fingerprint density at radius 1 is 1.21 bits per heavy atom. The van der Waals surface area contributed by atoms with Gasteiger partial charge in [-0.15, -0.1) is 0 Å². The lowest BCUT2D eigenvalue weighted by atomic mass is 10.2. The summed E-state index contributed by atoms with van der Waals surface area (Å²) in [5, 5.41) is 7.92. The number of carbonyl (C=O) groups excluding carboxylic acids is 1. The van der Waals surface area contributed by atoms with Crippen LogP contribution in [0.2, 0.25) is 5.02 Å². The summed E-state index contributed by atoms with van der Waals surface area (Å²) < 4.78 is 1.71. The zero-order valence-electron chi connectivity index (χ0n) is 13.9. The van der Waals surface area contributed by atoms with Crippen LogP contribution in [0.15, 0.2) is 36.7 Å². The largest absolute Gasteiger partial charge is 0.322 e. The van der Waals surface area contributed by atoms with Gasteiger partial charge in [0.25, 0.3) is 0 Å². The van der Waals surface area contributed by atoms with E-state index in [4.69, 9.17) is 11.6 Å². The Balaban J connectivity index is 1.61. The number of likely N-dealkylation sites (N-methyl/N-ethyl adjacent to an activating group) is 1. The molecule has 24 heavy (non-hydrogen) atoms. The standard InChI is InChI=1S/C17H22ClN5O/c1-13(22-9-7-21(2)8-10-22)17(24)20-15-11-19-23(12-15)16-5-3-14(18)4-6-16/h3-6,11-13H,7-10H2,1-2H3,(H,20,24)/t13-/m0/s1. The number of hydrogen-bond donors (Lipinski definition) is 1. The number of nitrogens with one attached hydrogen (secondary N) is 1. The number of hydrogen-bond acceptors (Lipinski definition) is 4. The third-order valence-electron chi connectivity index (χ3n) is 4.41. The second-order valence-electron chi connectivity index (χ2n) is 6.15. The molecule has 0 radical (unpaired) electrons. The molecule has 1 amide bonds. The Labute approximate surface area is 147 Å². The van der Waals surface area contributed by atoms with E-state index in [2.05, 4.69) is 27.3 Å². The van der Waals surface area contributed by atoms with Crippen LogP contribution in [-0.2, 0) is 4.79 Å². The third kappa shape index (κ3) is 3.95. The normalized spacial score (nSPS) is 17.6. The minimum atomic E-state index is -0.155. The molecular weight excluding hydrogens is 326 g/mol. The molecule has 2 aromatic rings. The van der Waals surface area contributed by atoms with E-state index in [1.165, 1.54) is 0 Å². The molecule has 0 saturated carbocycles. The van der Waals surface area contributed by atoms with Gasteiger partial charge in [-0.1, -0.05) is 11.6 Å². The highest BCUT2D eigenvalue weighted by Gasteiger charge is 2.24. The van der Waals surface area contributed by atoms with E-state index < -0.39 is 0 Å². The van der Waals surface area contributed by atoms with Crippen LogP contribution in [-0.4, -0.2) is 64.8 Å². The Hall–Kier alpha value is -1.89. The summed E-state index contributed by atoms with van der Waals surface area (Å²) in [4.78, 5) is 16.9. The van der Waals surface area contributed by atoms with Crippen molar-refractivity contribution in [1.82, 2.24) is 19.6 Å². The summed E-state index contributed by atoms with van der Waals surface area (Å²) >= 11 is 5.90. The molecule has 0 unspecified atom stereocenters. The van der Waals surface area contributed by atoms with Crippen molar-refractivity contribution in [2.45, 2.75) is 13.0 Å². The highest BCUT2D eigenvalue weighted by atomic mass is 35.5. The molecule has 128 valence electrons. The number of piperazine rings is 1. The number of halogens is 1. The van der Waals surface area contributed by atoms with E-state index in [0.717, 1.165) is 31.9 Å². The van der Waals surface area contributed by atoms with Crippen molar-refractivity contribution in [2.75, 3.05) is 38.5 Å². The summed E-state index contributed by atoms with van der Waals surface area (Å²) in [5.74, 6) is -0.00444. The van der Waals surface area contributed by atoms with Crippen molar-refractivity contribution in [3.05, 3.63) is 41.7 Å². The lowest BCUT2D eigenvalue weighted by Crippen LogP contribution is -2.51. The van der Waals surface area contributed by atoms with Gasteiger partial charge in [-0.05, 0) is 38.2 Å². The van der Waals surface area contributed by atoms with Crippen molar-refractivity contribution >= 4 is 23.2 Å². The van der Waals surface area contributed by atoms with Crippen molar-refractivity contribution in [3.8, 4) is 5.69 Å². The summed E-state index contributed by atoms with van der Waals surface area (Å²) in [7, 11) is 2.10. The molecule has 1 aromatic heterocycles. The molecule has 1 N–H and O–H groups in total. The van der Waals surface area contributed by atoms with Crippen LogP contribution in [0.1, 0.15) is 6.92 Å². The van der Waals surface area contributed by atoms with Gasteiger partial charge in [0.05, 0.1) is 29.8 Å². The molecular formula is C17H22ClN5O. The van der Waals surface area contributed by atoms with Gasteiger partial charge in [0.15, 0.2) is 0 Å². The number of anilines is 1. The maximum atomic E-state index is 12.5. The smallest absolute Gasteiger partial charge is 0.241 e. The average Bonchev–Trinajstić information content (AvgIpc) is 3.04. The lowest BCUT2D eigenvalue weighted by molar-refractivity contribution is -0.121. The first-order valence-corrected chi connectivity index (χ1v) is 8.45. The Kier molecular flexibility index (Phi) is 5.18. The molecule has 1 aromatic carbocycles. The second-order valence-corrected chi connectivity index (χ2v) is 6.59. The van der Waals surface area contributed by atoms with Crippen molar-refractivity contribution in [3.63, 3.8) is 0 Å². The maximum absolute atomic E-state index is 12.5. The minimum absolute atomic E-state index is 0.00444. The van der Waals surface area contributed by atoms with Gasteiger partial charge in [-0.2, -0.15) is 5.10 Å². The molecule has 2 heterocycles. The molecule has 0 aliphatic carbocycles. The molecule has 1 aliphatic heterocycles. The van der Waals surface area contributed by atoms with E-state index in [1.807, 2.05) is 31.2 Å². The van der Waals surface area contributed by atoms with Crippen molar-refractivity contribution < 1.29 is 4.79 Å². The van der Waals surface area contributed by atoms with Crippen molar-refractivity contribution in [1.29, 1.82) is 0 Å². The maximum Gasteiger partial charge on any atom is 0.241 e. The Morgan fingerprint density at radius 3 is 2.54 bits per heavy atom. The number of aromatic nitrogens is 2. The lowest BCUT2D eigenvalue weighted by Gasteiger charge is -2.35. The van der Waals surface area contributed by atoms with Gasteiger partial charge in [0, 0.05) is 31.2 Å². The first kappa shape index (κ1) is 17.0. The summed E-state index contributed by atoms with van der Waals surface area (Å²) in [6.45, 7) is 5.76. The topological polar surface area (TPSA) is 53.4 Å². The zero-order valence-corrected chi connectivity index (χ0v) is 14.7. The SMILES string of the molecule is C[C@@H](C(=O)Nc1cnn(-c2ccc(Cl)cc2)c1)N1CCN(C)CC1. The van der Waals surface area contributed by atoms with Gasteiger partial charge >= 0.3 is 0 Å². The molecule has 7 heteroatoms. The minimum Gasteiger partial charge on any atom is -0.322 e. The van der Waals surface area contributed by atoms with Crippen LogP contribution in [0.5, 0.6) is 0 Å². The van der Waals surface area contributed by atoms with E-state index in [0.29, 0.717) is 10.7 Å². The first-order chi connectivity index (χ1) is 11.5. The van der Waals surface area contributed by atoms with Gasteiger partial charge < -0.3 is 10.2 Å². The average molecular weight is 348 g/mol. The molecule has 6 nitrogen and oxygen atoms in total. The predicted molar refractivity (Wildman–Crippen MR) is 95.7 cm³/mol. The van der Waals surface area contributed by atoms with E-state index >= 15 is 0 Å². The quantitative estimate of drug-likeness (QED) is 0.920. The van der Waals surface area contributed by atoms with Crippen LogP contribution in [0, 0.1) is 0 Å². The Morgan fingerprint density at radius 2 is 1.88 bits per heavy atom. The molecule has 1 atom stereocenters. The second kappa shape index (κ2) is 7.34. The van der Waals surface area contributed by atoms with E-state index in [1.54, 1.807) is 17.1 Å². The summed E-state index contributed by atoms with van der Waals surface area (Å²) in [6.07, 6.45) is 3.46. The number of carbonyl (C=O) groups is 1. The molecule has 1 saturated heterocycles. The van der Waals surface area contributed by atoms with Gasteiger partial charge in [0.1, 0.15) is 0 Å². The summed E-state index contributed by atoms with van der Waals surface area (Å²) in [5.41, 5.74) is 1.59. The number of rotatable bonds is 4. The van der Waals surface area contributed by atoms with Crippen LogP contribution in [0.4, 0.5) is 5.69 Å². The van der Waals surface area contributed by atoms with Crippen LogP contribution in [0.3, 0.4) is 0 Å². The first-order valence-electron chi connectivity index (χ1n) is 8.07. The van der Waals surface area contributed by atoms with Gasteiger partial charge in [-0.3, -0.25) is 9.69 Å². The highest BCUT2D eigenvalue weighted by Crippen LogP contribution is 2.16. The third-order valence-corrected chi connectivity index (χ3v) is 4.66. The molecule has 1 aliphatic rings. The monoisotopic (exact) mass is 347 g/mol. The molecule has 0 bridgehead atoms. The van der Waals surface area contributed by atoms with Gasteiger partial charge in [0.2, 0.25) is 5.91 Å². The number of amides is 1. The van der Waals surface area contributed by atoms with Crippen LogP contribution >= 0.6 is 11.6 Å².